The first-order valence-electron chi connectivity index (χ1n) is 11.7. The molecule has 0 spiro atoms. The third-order valence-electron chi connectivity index (χ3n) is 6.67. The molecule has 5 rings (SSSR count). The highest BCUT2D eigenvalue weighted by Crippen LogP contribution is 2.38. The highest BCUT2D eigenvalue weighted by molar-refractivity contribution is 6.31. The van der Waals surface area contributed by atoms with Crippen molar-refractivity contribution in [3.8, 4) is 11.5 Å². The summed E-state index contributed by atoms with van der Waals surface area (Å²) in [6.07, 6.45) is 0.372. The lowest BCUT2D eigenvalue weighted by Gasteiger charge is -2.20. The van der Waals surface area contributed by atoms with Gasteiger partial charge in [-0.25, -0.2) is 4.98 Å². The van der Waals surface area contributed by atoms with Gasteiger partial charge in [0, 0.05) is 23.9 Å². The van der Waals surface area contributed by atoms with Gasteiger partial charge in [-0.3, -0.25) is 4.79 Å². The number of anilines is 1. The standard InChI is InChI=1S/C28H28ClN3O3/c1-18-8-10-22(14-19(18)2)35-13-12-31-24-7-5-4-6-23(24)30-28(31)20-15-27(33)32(17-20)25-16-21(29)9-11-26(25)34-3/h4-11,14,16,20H,12-13,15,17H2,1-3H3/t20-/m0/s1. The number of nitrogens with zero attached hydrogens (tertiary/aromatic N) is 3. The van der Waals surface area contributed by atoms with Gasteiger partial charge in [0.15, 0.2) is 0 Å². The number of amides is 1. The van der Waals surface area contributed by atoms with Crippen LogP contribution in [0.1, 0.15) is 29.3 Å². The van der Waals surface area contributed by atoms with Crippen LogP contribution in [0.2, 0.25) is 5.02 Å². The Morgan fingerprint density at radius 2 is 1.89 bits per heavy atom. The normalized spacial score (nSPS) is 15.7. The molecule has 180 valence electrons. The molecule has 0 unspecified atom stereocenters. The summed E-state index contributed by atoms with van der Waals surface area (Å²) >= 11 is 6.23. The minimum Gasteiger partial charge on any atom is -0.495 e. The van der Waals surface area contributed by atoms with Gasteiger partial charge in [-0.2, -0.15) is 0 Å². The molecule has 1 atom stereocenters. The molecule has 1 aliphatic heterocycles. The minimum absolute atomic E-state index is 0.0283. The Morgan fingerprint density at radius 1 is 1.06 bits per heavy atom. The third kappa shape index (κ3) is 4.58. The number of rotatable bonds is 7. The fourth-order valence-corrected chi connectivity index (χ4v) is 4.85. The number of carbonyl (C=O) groups is 1. The Labute approximate surface area is 210 Å². The van der Waals surface area contributed by atoms with Crippen molar-refractivity contribution in [3.63, 3.8) is 0 Å². The van der Waals surface area contributed by atoms with Crippen molar-refractivity contribution in [1.29, 1.82) is 0 Å². The SMILES string of the molecule is COc1ccc(Cl)cc1N1C[C@@H](c2nc3ccccc3n2CCOc2ccc(C)c(C)c2)CC1=O. The molecule has 1 fully saturated rings. The first-order valence-corrected chi connectivity index (χ1v) is 12.1. The molecule has 0 saturated carbocycles. The number of benzene rings is 3. The number of hydrogen-bond acceptors (Lipinski definition) is 4. The summed E-state index contributed by atoms with van der Waals surface area (Å²) in [6.45, 7) is 5.82. The second kappa shape index (κ2) is 9.62. The third-order valence-corrected chi connectivity index (χ3v) is 6.90. The number of aryl methyl sites for hydroxylation is 2. The van der Waals surface area contributed by atoms with Crippen LogP contribution in [0, 0.1) is 13.8 Å². The molecule has 4 aromatic rings. The summed E-state index contributed by atoms with van der Waals surface area (Å²) in [5, 5.41) is 0.563. The van der Waals surface area contributed by atoms with Crippen LogP contribution in [0.15, 0.2) is 60.7 Å². The van der Waals surface area contributed by atoms with Crippen molar-refractivity contribution in [3.05, 3.63) is 82.6 Å². The molecular weight excluding hydrogens is 462 g/mol. The maximum Gasteiger partial charge on any atom is 0.227 e. The highest BCUT2D eigenvalue weighted by atomic mass is 35.5. The van der Waals surface area contributed by atoms with Crippen molar-refractivity contribution >= 4 is 34.2 Å². The zero-order valence-electron chi connectivity index (χ0n) is 20.1. The molecule has 1 aromatic heterocycles. The van der Waals surface area contributed by atoms with Crippen molar-refractivity contribution in [1.82, 2.24) is 9.55 Å². The maximum absolute atomic E-state index is 13.1. The quantitative estimate of drug-likeness (QED) is 0.323. The van der Waals surface area contributed by atoms with Gasteiger partial charge in [0.1, 0.15) is 23.9 Å². The van der Waals surface area contributed by atoms with Gasteiger partial charge in [0.2, 0.25) is 5.91 Å². The van der Waals surface area contributed by atoms with Gasteiger partial charge in [-0.05, 0) is 67.4 Å². The Bertz CT molecular complexity index is 1400. The summed E-state index contributed by atoms with van der Waals surface area (Å²) in [5.74, 6) is 2.35. The molecule has 35 heavy (non-hydrogen) atoms. The molecule has 3 aromatic carbocycles. The zero-order valence-corrected chi connectivity index (χ0v) is 20.9. The molecule has 1 saturated heterocycles. The number of imidazole rings is 1. The minimum atomic E-state index is -0.0554. The van der Waals surface area contributed by atoms with Gasteiger partial charge >= 0.3 is 0 Å². The smallest absolute Gasteiger partial charge is 0.227 e. The fraction of sp³-hybridized carbons (Fsp3) is 0.286. The number of methoxy groups -OCH3 is 1. The zero-order chi connectivity index (χ0) is 24.5. The largest absolute Gasteiger partial charge is 0.495 e. The molecule has 7 heteroatoms. The number of ether oxygens (including phenoxy) is 2. The molecule has 0 radical (unpaired) electrons. The molecule has 0 N–H and O–H groups in total. The van der Waals surface area contributed by atoms with Crippen LogP contribution in [-0.4, -0.2) is 35.7 Å². The first-order chi connectivity index (χ1) is 16.9. The van der Waals surface area contributed by atoms with Crippen molar-refractivity contribution in [2.24, 2.45) is 0 Å². The first kappa shape index (κ1) is 23.2. The number of carbonyl (C=O) groups excluding carboxylic acids is 1. The molecular formula is C28H28ClN3O3. The van der Waals surface area contributed by atoms with E-state index in [0.29, 0.717) is 42.6 Å². The predicted octanol–water partition coefficient (Wildman–Crippen LogP) is 5.91. The summed E-state index contributed by atoms with van der Waals surface area (Å²) in [6, 6.07) is 19.5. The lowest BCUT2D eigenvalue weighted by atomic mass is 10.1. The van der Waals surface area contributed by atoms with E-state index in [9.17, 15) is 4.79 Å². The van der Waals surface area contributed by atoms with E-state index in [1.54, 1.807) is 30.2 Å². The monoisotopic (exact) mass is 489 g/mol. The van der Waals surface area contributed by atoms with Crippen LogP contribution in [0.3, 0.4) is 0 Å². The van der Waals surface area contributed by atoms with E-state index in [-0.39, 0.29) is 11.8 Å². The molecule has 0 bridgehead atoms. The Hall–Kier alpha value is -3.51. The van der Waals surface area contributed by atoms with Crippen LogP contribution < -0.4 is 14.4 Å². The fourth-order valence-electron chi connectivity index (χ4n) is 4.69. The van der Waals surface area contributed by atoms with Gasteiger partial charge in [0.05, 0.1) is 30.4 Å². The average Bonchev–Trinajstić information content (AvgIpc) is 3.42. The second-order valence-electron chi connectivity index (χ2n) is 8.93. The number of para-hydroxylation sites is 2. The second-order valence-corrected chi connectivity index (χ2v) is 9.36. The summed E-state index contributed by atoms with van der Waals surface area (Å²) in [4.78, 5) is 19.8. The molecule has 1 amide bonds. The van der Waals surface area contributed by atoms with Crippen molar-refractivity contribution < 1.29 is 14.3 Å². The number of fused-ring (bicyclic) bond motifs is 1. The van der Waals surface area contributed by atoms with Gasteiger partial charge in [0.25, 0.3) is 0 Å². The molecule has 1 aliphatic rings. The molecule has 0 aliphatic carbocycles. The molecule has 2 heterocycles. The van der Waals surface area contributed by atoms with E-state index in [0.717, 1.165) is 22.6 Å². The summed E-state index contributed by atoms with van der Waals surface area (Å²) in [5.41, 5.74) is 5.09. The maximum atomic E-state index is 13.1. The van der Waals surface area contributed by atoms with Gasteiger partial charge in [-0.15, -0.1) is 0 Å². The van der Waals surface area contributed by atoms with E-state index in [1.807, 2.05) is 24.3 Å². The average molecular weight is 490 g/mol. The lowest BCUT2D eigenvalue weighted by Crippen LogP contribution is -2.25. The van der Waals surface area contributed by atoms with Gasteiger partial charge < -0.3 is 18.9 Å². The highest BCUT2D eigenvalue weighted by Gasteiger charge is 2.36. The lowest BCUT2D eigenvalue weighted by molar-refractivity contribution is -0.117. The van der Waals surface area contributed by atoms with E-state index in [2.05, 4.69) is 36.6 Å². The molecule has 6 nitrogen and oxygen atoms in total. The van der Waals surface area contributed by atoms with Gasteiger partial charge in [-0.1, -0.05) is 29.8 Å². The predicted molar refractivity (Wildman–Crippen MR) is 139 cm³/mol. The van der Waals surface area contributed by atoms with Crippen molar-refractivity contribution in [2.75, 3.05) is 25.2 Å². The van der Waals surface area contributed by atoms with E-state index in [4.69, 9.17) is 26.1 Å². The Morgan fingerprint density at radius 3 is 2.69 bits per heavy atom. The van der Waals surface area contributed by atoms with Crippen LogP contribution in [0.4, 0.5) is 5.69 Å². The Kier molecular flexibility index (Phi) is 6.39. The summed E-state index contributed by atoms with van der Waals surface area (Å²) < 4.78 is 13.8. The van der Waals surface area contributed by atoms with Crippen molar-refractivity contribution in [2.45, 2.75) is 32.7 Å². The van der Waals surface area contributed by atoms with Crippen LogP contribution in [0.25, 0.3) is 11.0 Å². The number of halogens is 1. The van der Waals surface area contributed by atoms with E-state index in [1.165, 1.54) is 11.1 Å². The number of hydrogen-bond donors (Lipinski definition) is 0. The number of aromatic nitrogens is 2. The van der Waals surface area contributed by atoms with Crippen LogP contribution in [-0.2, 0) is 11.3 Å². The Balaban J connectivity index is 1.41. The topological polar surface area (TPSA) is 56.6 Å². The van der Waals surface area contributed by atoms with E-state index < -0.39 is 0 Å². The summed E-state index contributed by atoms with van der Waals surface area (Å²) in [7, 11) is 1.60. The van der Waals surface area contributed by atoms with Crippen LogP contribution in [0.5, 0.6) is 11.5 Å². The van der Waals surface area contributed by atoms with Crippen LogP contribution >= 0.6 is 11.6 Å². The van der Waals surface area contributed by atoms with E-state index >= 15 is 0 Å².